The second-order valence-electron chi connectivity index (χ2n) is 5.49. The van der Waals surface area contributed by atoms with Crippen molar-refractivity contribution in [1.82, 2.24) is 10.3 Å². The van der Waals surface area contributed by atoms with Crippen LogP contribution in [0.1, 0.15) is 20.8 Å². The molecule has 1 heterocycles. The Morgan fingerprint density at radius 2 is 2.10 bits per heavy atom. The number of carbonyl (C=O) groups excluding carboxylic acids is 1. The van der Waals surface area contributed by atoms with Crippen LogP contribution >= 0.6 is 15.9 Å². The standard InChI is InChI=1S/C15H20BrN3O2/c1-9(2)14(20)17-7-10(3)8-18-15-19-12-6-4-5-11(16)13(12)21-15/h4-6,9-10H,7-8H2,1-3H3,(H,17,20)(H,18,19). The van der Waals surface area contributed by atoms with Crippen LogP contribution in [0.5, 0.6) is 0 Å². The van der Waals surface area contributed by atoms with Gasteiger partial charge in [0.1, 0.15) is 5.52 Å². The molecule has 1 amide bonds. The summed E-state index contributed by atoms with van der Waals surface area (Å²) in [5.41, 5.74) is 1.55. The van der Waals surface area contributed by atoms with Gasteiger partial charge >= 0.3 is 0 Å². The first kappa shape index (κ1) is 15.8. The number of carbonyl (C=O) groups is 1. The van der Waals surface area contributed by atoms with Gasteiger partial charge in [0.15, 0.2) is 5.58 Å². The first-order valence-corrected chi connectivity index (χ1v) is 7.83. The van der Waals surface area contributed by atoms with Crippen molar-refractivity contribution in [3.8, 4) is 0 Å². The lowest BCUT2D eigenvalue weighted by atomic mass is 10.1. The number of anilines is 1. The van der Waals surface area contributed by atoms with Gasteiger partial charge in [-0.1, -0.05) is 26.8 Å². The number of hydrogen-bond acceptors (Lipinski definition) is 4. The van der Waals surface area contributed by atoms with Gasteiger partial charge < -0.3 is 15.1 Å². The summed E-state index contributed by atoms with van der Waals surface area (Å²) in [6, 6.07) is 6.24. The van der Waals surface area contributed by atoms with Crippen LogP contribution in [-0.4, -0.2) is 24.0 Å². The first-order valence-electron chi connectivity index (χ1n) is 7.04. The highest BCUT2D eigenvalue weighted by atomic mass is 79.9. The third kappa shape index (κ3) is 4.20. The minimum atomic E-state index is 0.0135. The summed E-state index contributed by atoms with van der Waals surface area (Å²) in [6.07, 6.45) is 0. The number of hydrogen-bond donors (Lipinski definition) is 2. The number of para-hydroxylation sites is 1. The van der Waals surface area contributed by atoms with Gasteiger partial charge in [-0.2, -0.15) is 4.98 Å². The molecule has 0 aliphatic rings. The van der Waals surface area contributed by atoms with Gasteiger partial charge in [0.25, 0.3) is 6.01 Å². The molecule has 0 spiro atoms. The van der Waals surface area contributed by atoms with Crippen molar-refractivity contribution in [3.05, 3.63) is 22.7 Å². The van der Waals surface area contributed by atoms with Crippen molar-refractivity contribution in [2.45, 2.75) is 20.8 Å². The van der Waals surface area contributed by atoms with Gasteiger partial charge in [-0.3, -0.25) is 4.79 Å². The number of nitrogens with one attached hydrogen (secondary N) is 2. The van der Waals surface area contributed by atoms with E-state index in [1.165, 1.54) is 0 Å². The largest absolute Gasteiger partial charge is 0.422 e. The monoisotopic (exact) mass is 353 g/mol. The first-order chi connectivity index (χ1) is 9.97. The van der Waals surface area contributed by atoms with Crippen molar-refractivity contribution in [1.29, 1.82) is 0 Å². The average molecular weight is 354 g/mol. The summed E-state index contributed by atoms with van der Waals surface area (Å²) >= 11 is 3.44. The number of fused-ring (bicyclic) bond motifs is 1. The second kappa shape index (κ2) is 6.93. The molecule has 21 heavy (non-hydrogen) atoms. The number of oxazole rings is 1. The van der Waals surface area contributed by atoms with E-state index < -0.39 is 0 Å². The predicted octanol–water partition coefficient (Wildman–Crippen LogP) is 3.41. The van der Waals surface area contributed by atoms with Crippen molar-refractivity contribution in [2.75, 3.05) is 18.4 Å². The molecule has 0 radical (unpaired) electrons. The zero-order valence-electron chi connectivity index (χ0n) is 12.4. The Morgan fingerprint density at radius 1 is 1.33 bits per heavy atom. The quantitative estimate of drug-likeness (QED) is 0.834. The minimum Gasteiger partial charge on any atom is -0.422 e. The summed E-state index contributed by atoms with van der Waals surface area (Å²) < 4.78 is 6.54. The van der Waals surface area contributed by atoms with Crippen molar-refractivity contribution in [2.24, 2.45) is 11.8 Å². The summed E-state index contributed by atoms with van der Waals surface area (Å²) in [5.74, 6) is 0.373. The van der Waals surface area contributed by atoms with Gasteiger partial charge in [-0.05, 0) is 34.0 Å². The number of amides is 1. The Hall–Kier alpha value is -1.56. The highest BCUT2D eigenvalue weighted by molar-refractivity contribution is 9.10. The number of aromatic nitrogens is 1. The number of halogens is 1. The Labute approximate surface area is 132 Å². The molecule has 2 aromatic rings. The van der Waals surface area contributed by atoms with Crippen LogP contribution in [0.25, 0.3) is 11.1 Å². The molecule has 0 bridgehead atoms. The summed E-state index contributed by atoms with van der Waals surface area (Å²) in [5, 5.41) is 6.08. The Kier molecular flexibility index (Phi) is 5.22. The van der Waals surface area contributed by atoms with E-state index in [1.54, 1.807) is 0 Å². The van der Waals surface area contributed by atoms with Crippen LogP contribution in [0.4, 0.5) is 6.01 Å². The lowest BCUT2D eigenvalue weighted by Crippen LogP contribution is -2.33. The van der Waals surface area contributed by atoms with E-state index in [4.69, 9.17) is 4.42 Å². The highest BCUT2D eigenvalue weighted by Crippen LogP contribution is 2.26. The van der Waals surface area contributed by atoms with E-state index in [1.807, 2.05) is 32.0 Å². The molecular formula is C15H20BrN3O2. The fourth-order valence-corrected chi connectivity index (χ4v) is 2.24. The molecular weight excluding hydrogens is 334 g/mol. The fourth-order valence-electron chi connectivity index (χ4n) is 1.80. The number of nitrogens with zero attached hydrogens (tertiary/aromatic N) is 1. The van der Waals surface area contributed by atoms with E-state index in [0.29, 0.717) is 19.1 Å². The van der Waals surface area contributed by atoms with Crippen LogP contribution in [0, 0.1) is 11.8 Å². The van der Waals surface area contributed by atoms with E-state index in [0.717, 1.165) is 15.6 Å². The van der Waals surface area contributed by atoms with Gasteiger partial charge in [-0.25, -0.2) is 0 Å². The maximum Gasteiger partial charge on any atom is 0.295 e. The minimum absolute atomic E-state index is 0.0135. The molecule has 6 heteroatoms. The van der Waals surface area contributed by atoms with E-state index in [2.05, 4.69) is 38.5 Å². The van der Waals surface area contributed by atoms with Crippen LogP contribution in [-0.2, 0) is 4.79 Å². The summed E-state index contributed by atoms with van der Waals surface area (Å²) in [6.45, 7) is 7.14. The Balaban J connectivity index is 1.87. The molecule has 114 valence electrons. The van der Waals surface area contributed by atoms with Crippen LogP contribution in [0.3, 0.4) is 0 Å². The van der Waals surface area contributed by atoms with Crippen LogP contribution < -0.4 is 10.6 Å². The molecule has 0 aliphatic carbocycles. The molecule has 5 nitrogen and oxygen atoms in total. The maximum absolute atomic E-state index is 11.5. The average Bonchev–Trinajstić information content (AvgIpc) is 2.87. The summed E-state index contributed by atoms with van der Waals surface area (Å²) in [4.78, 5) is 15.9. The third-order valence-electron chi connectivity index (χ3n) is 3.12. The molecule has 0 aliphatic heterocycles. The van der Waals surface area contributed by atoms with Crippen molar-refractivity contribution >= 4 is 39.0 Å². The fraction of sp³-hybridized carbons (Fsp3) is 0.467. The van der Waals surface area contributed by atoms with Crippen molar-refractivity contribution in [3.63, 3.8) is 0 Å². The molecule has 0 saturated carbocycles. The van der Waals surface area contributed by atoms with E-state index in [-0.39, 0.29) is 17.7 Å². The van der Waals surface area contributed by atoms with Gasteiger partial charge in [-0.15, -0.1) is 0 Å². The number of rotatable bonds is 6. The molecule has 0 fully saturated rings. The van der Waals surface area contributed by atoms with Gasteiger partial charge in [0.2, 0.25) is 5.91 Å². The predicted molar refractivity (Wildman–Crippen MR) is 87.2 cm³/mol. The van der Waals surface area contributed by atoms with E-state index >= 15 is 0 Å². The molecule has 0 saturated heterocycles. The summed E-state index contributed by atoms with van der Waals surface area (Å²) in [7, 11) is 0. The van der Waals surface area contributed by atoms with Crippen LogP contribution in [0.15, 0.2) is 27.1 Å². The molecule has 1 unspecified atom stereocenters. The third-order valence-corrected chi connectivity index (χ3v) is 3.74. The van der Waals surface area contributed by atoms with E-state index in [9.17, 15) is 4.79 Å². The van der Waals surface area contributed by atoms with Crippen LogP contribution in [0.2, 0.25) is 0 Å². The highest BCUT2D eigenvalue weighted by Gasteiger charge is 2.11. The molecule has 2 rings (SSSR count). The van der Waals surface area contributed by atoms with Gasteiger partial charge in [0, 0.05) is 19.0 Å². The molecule has 1 aromatic carbocycles. The topological polar surface area (TPSA) is 67.2 Å². The molecule has 2 N–H and O–H groups in total. The van der Waals surface area contributed by atoms with Crippen molar-refractivity contribution < 1.29 is 9.21 Å². The zero-order valence-corrected chi connectivity index (χ0v) is 14.0. The smallest absolute Gasteiger partial charge is 0.295 e. The maximum atomic E-state index is 11.5. The normalized spacial score (nSPS) is 12.6. The SMILES string of the molecule is CC(CNC(=O)C(C)C)CNc1nc2cccc(Br)c2o1. The Bertz CT molecular complexity index is 624. The Morgan fingerprint density at radius 3 is 2.76 bits per heavy atom. The lowest BCUT2D eigenvalue weighted by molar-refractivity contribution is -0.124. The molecule has 1 aromatic heterocycles. The van der Waals surface area contributed by atoms with Gasteiger partial charge in [0.05, 0.1) is 4.47 Å². The lowest BCUT2D eigenvalue weighted by Gasteiger charge is -2.13. The molecule has 1 atom stereocenters. The zero-order chi connectivity index (χ0) is 15.4. The number of benzene rings is 1. The second-order valence-corrected chi connectivity index (χ2v) is 6.35.